The Balaban J connectivity index is 1.43. The molecule has 25 heavy (non-hydrogen) atoms. The van der Waals surface area contributed by atoms with E-state index in [1.54, 1.807) is 18.2 Å². The normalized spacial score (nSPS) is 18.2. The first-order chi connectivity index (χ1) is 12.1. The van der Waals surface area contributed by atoms with E-state index in [1.165, 1.54) is 12.1 Å². The molecule has 0 saturated carbocycles. The first-order valence-corrected chi connectivity index (χ1v) is 8.57. The van der Waals surface area contributed by atoms with Gasteiger partial charge in [0.2, 0.25) is 0 Å². The molecule has 6 nitrogen and oxygen atoms in total. The van der Waals surface area contributed by atoms with Crippen LogP contribution >= 0.6 is 0 Å². The molecule has 134 valence electrons. The number of primary amides is 1. The summed E-state index contributed by atoms with van der Waals surface area (Å²) in [6.45, 7) is 3.53. The molecule has 0 unspecified atom stereocenters. The Hall–Kier alpha value is -2.41. The number of halogens is 1. The Morgan fingerprint density at radius 1 is 1.40 bits per heavy atom. The van der Waals surface area contributed by atoms with Crippen LogP contribution in [0.15, 0.2) is 30.3 Å². The second kappa shape index (κ2) is 8.11. The molecule has 3 rings (SSSR count). The van der Waals surface area contributed by atoms with Gasteiger partial charge in [-0.25, -0.2) is 4.39 Å². The number of nitrogens with one attached hydrogen (secondary N) is 1. The van der Waals surface area contributed by atoms with Crippen molar-refractivity contribution >= 4 is 5.91 Å². The first kappa shape index (κ1) is 17.4. The third-order valence-electron chi connectivity index (χ3n) is 4.50. The van der Waals surface area contributed by atoms with E-state index in [-0.39, 0.29) is 5.82 Å². The van der Waals surface area contributed by atoms with Crippen LogP contribution in [-0.2, 0) is 0 Å². The number of piperidine rings is 1. The molecule has 7 heteroatoms. The summed E-state index contributed by atoms with van der Waals surface area (Å²) in [7, 11) is 0. The van der Waals surface area contributed by atoms with Crippen molar-refractivity contribution in [2.24, 2.45) is 5.73 Å². The van der Waals surface area contributed by atoms with E-state index in [9.17, 15) is 9.18 Å². The van der Waals surface area contributed by atoms with Crippen molar-refractivity contribution in [3.05, 3.63) is 47.5 Å². The Labute approximate surface area is 146 Å². The van der Waals surface area contributed by atoms with Crippen LogP contribution < -0.4 is 10.5 Å². The molecular formula is C18H23FN4O2. The van der Waals surface area contributed by atoms with Gasteiger partial charge in [-0.15, -0.1) is 0 Å². The van der Waals surface area contributed by atoms with Crippen molar-refractivity contribution in [1.29, 1.82) is 0 Å². The highest BCUT2D eigenvalue weighted by molar-refractivity contribution is 5.90. The fourth-order valence-electron chi connectivity index (χ4n) is 3.19. The smallest absolute Gasteiger partial charge is 0.269 e. The molecule has 1 fully saturated rings. The van der Waals surface area contributed by atoms with Gasteiger partial charge in [0.25, 0.3) is 5.91 Å². The SMILES string of the molecule is NC(=O)c1cc([C@@H]2CCCN(CCCOc3ccc(F)cc3)C2)[nH]n1. The number of H-pyrrole nitrogens is 1. The van der Waals surface area contributed by atoms with Crippen molar-refractivity contribution in [3.63, 3.8) is 0 Å². The number of benzene rings is 1. The minimum absolute atomic E-state index is 0.259. The number of likely N-dealkylation sites (tertiary alicyclic amines) is 1. The average Bonchev–Trinajstić information content (AvgIpc) is 3.11. The number of amides is 1. The predicted molar refractivity (Wildman–Crippen MR) is 92.0 cm³/mol. The van der Waals surface area contributed by atoms with E-state index in [0.29, 0.717) is 24.0 Å². The summed E-state index contributed by atoms with van der Waals surface area (Å²) in [5.41, 5.74) is 6.52. The highest BCUT2D eigenvalue weighted by atomic mass is 19.1. The zero-order valence-corrected chi connectivity index (χ0v) is 14.1. The molecule has 0 radical (unpaired) electrons. The van der Waals surface area contributed by atoms with Crippen LogP contribution in [0, 0.1) is 5.82 Å². The lowest BCUT2D eigenvalue weighted by atomic mass is 9.94. The van der Waals surface area contributed by atoms with Gasteiger partial charge in [0.05, 0.1) is 6.61 Å². The lowest BCUT2D eigenvalue weighted by Crippen LogP contribution is -2.35. The lowest BCUT2D eigenvalue weighted by Gasteiger charge is -2.32. The summed E-state index contributed by atoms with van der Waals surface area (Å²) in [5.74, 6) is 0.264. The fourth-order valence-corrected chi connectivity index (χ4v) is 3.19. The number of rotatable bonds is 7. The Kier molecular flexibility index (Phi) is 5.65. The molecule has 0 spiro atoms. The molecule has 1 aromatic carbocycles. The van der Waals surface area contributed by atoms with Crippen molar-refractivity contribution in [2.75, 3.05) is 26.2 Å². The van der Waals surface area contributed by atoms with Gasteiger partial charge >= 0.3 is 0 Å². The molecule has 1 aliphatic heterocycles. The number of ether oxygens (including phenoxy) is 1. The van der Waals surface area contributed by atoms with Crippen molar-refractivity contribution in [2.45, 2.75) is 25.2 Å². The zero-order valence-electron chi connectivity index (χ0n) is 14.1. The lowest BCUT2D eigenvalue weighted by molar-refractivity contribution is 0.0995. The van der Waals surface area contributed by atoms with Crippen LogP contribution in [0.3, 0.4) is 0 Å². The molecule has 2 aromatic rings. The molecule has 2 heterocycles. The number of carbonyl (C=O) groups is 1. The molecule has 0 bridgehead atoms. The number of aromatic nitrogens is 2. The Morgan fingerprint density at radius 2 is 2.20 bits per heavy atom. The van der Waals surface area contributed by atoms with Gasteiger partial charge in [0, 0.05) is 24.7 Å². The van der Waals surface area contributed by atoms with Gasteiger partial charge in [-0.3, -0.25) is 9.89 Å². The van der Waals surface area contributed by atoms with Gasteiger partial charge in [-0.1, -0.05) is 0 Å². The van der Waals surface area contributed by atoms with E-state index < -0.39 is 5.91 Å². The Bertz CT molecular complexity index is 701. The van der Waals surface area contributed by atoms with Crippen molar-refractivity contribution in [3.8, 4) is 5.75 Å². The summed E-state index contributed by atoms with van der Waals surface area (Å²) in [5, 5.41) is 6.90. The van der Waals surface area contributed by atoms with E-state index >= 15 is 0 Å². The summed E-state index contributed by atoms with van der Waals surface area (Å²) in [4.78, 5) is 13.6. The van der Waals surface area contributed by atoms with Crippen molar-refractivity contribution in [1.82, 2.24) is 15.1 Å². The minimum atomic E-state index is -0.506. The number of nitrogens with zero attached hydrogens (tertiary/aromatic N) is 2. The number of hydrogen-bond acceptors (Lipinski definition) is 4. The van der Waals surface area contributed by atoms with E-state index in [2.05, 4.69) is 15.1 Å². The summed E-state index contributed by atoms with van der Waals surface area (Å²) < 4.78 is 18.5. The molecule has 1 amide bonds. The third kappa shape index (κ3) is 4.79. The Morgan fingerprint density at radius 3 is 2.92 bits per heavy atom. The summed E-state index contributed by atoms with van der Waals surface area (Å²) in [6.07, 6.45) is 3.08. The third-order valence-corrected chi connectivity index (χ3v) is 4.50. The maximum absolute atomic E-state index is 12.8. The standard InChI is InChI=1S/C18H23FN4O2/c19-14-4-6-15(7-5-14)25-10-2-9-23-8-1-3-13(12-23)16-11-17(18(20)24)22-21-16/h4-7,11,13H,1-3,8-10,12H2,(H2,20,24)(H,21,22)/t13-/m1/s1. The molecule has 1 aliphatic rings. The minimum Gasteiger partial charge on any atom is -0.494 e. The van der Waals surface area contributed by atoms with E-state index in [1.807, 2.05) is 0 Å². The molecule has 0 aliphatic carbocycles. The van der Waals surface area contributed by atoms with Crippen LogP contribution in [0.5, 0.6) is 5.75 Å². The van der Waals surface area contributed by atoms with Gasteiger partial charge in [0.1, 0.15) is 17.3 Å². The second-order valence-corrected chi connectivity index (χ2v) is 6.37. The van der Waals surface area contributed by atoms with Gasteiger partial charge in [-0.2, -0.15) is 5.10 Å². The monoisotopic (exact) mass is 346 g/mol. The predicted octanol–water partition coefficient (Wildman–Crippen LogP) is 2.30. The first-order valence-electron chi connectivity index (χ1n) is 8.57. The molecule has 1 atom stereocenters. The van der Waals surface area contributed by atoms with Gasteiger partial charge in [0.15, 0.2) is 0 Å². The largest absolute Gasteiger partial charge is 0.494 e. The van der Waals surface area contributed by atoms with Crippen LogP contribution in [0.4, 0.5) is 4.39 Å². The highest BCUT2D eigenvalue weighted by Crippen LogP contribution is 2.26. The van der Waals surface area contributed by atoms with Crippen molar-refractivity contribution < 1.29 is 13.9 Å². The van der Waals surface area contributed by atoms with E-state index in [0.717, 1.165) is 44.6 Å². The molecule has 1 aromatic heterocycles. The molecule has 3 N–H and O–H groups in total. The zero-order chi connectivity index (χ0) is 17.6. The fraction of sp³-hybridized carbons (Fsp3) is 0.444. The van der Waals surface area contributed by atoms with E-state index in [4.69, 9.17) is 10.5 Å². The quantitative estimate of drug-likeness (QED) is 0.754. The highest BCUT2D eigenvalue weighted by Gasteiger charge is 2.23. The second-order valence-electron chi connectivity index (χ2n) is 6.37. The topological polar surface area (TPSA) is 84.2 Å². The maximum atomic E-state index is 12.8. The summed E-state index contributed by atoms with van der Waals surface area (Å²) in [6, 6.07) is 7.83. The summed E-state index contributed by atoms with van der Waals surface area (Å²) >= 11 is 0. The van der Waals surface area contributed by atoms with Crippen LogP contribution in [0.25, 0.3) is 0 Å². The maximum Gasteiger partial charge on any atom is 0.269 e. The number of carbonyl (C=O) groups excluding carboxylic acids is 1. The number of hydrogen-bond donors (Lipinski definition) is 2. The van der Waals surface area contributed by atoms with Gasteiger partial charge < -0.3 is 15.4 Å². The van der Waals surface area contributed by atoms with Crippen LogP contribution in [0.2, 0.25) is 0 Å². The molecule has 1 saturated heterocycles. The van der Waals surface area contributed by atoms with Gasteiger partial charge in [-0.05, 0) is 56.1 Å². The molecular weight excluding hydrogens is 323 g/mol. The van der Waals surface area contributed by atoms with Crippen LogP contribution in [-0.4, -0.2) is 47.2 Å². The number of nitrogens with two attached hydrogens (primary N) is 1. The average molecular weight is 346 g/mol. The van der Waals surface area contributed by atoms with Crippen LogP contribution in [0.1, 0.15) is 41.4 Å². The number of aromatic amines is 1.